The van der Waals surface area contributed by atoms with Gasteiger partial charge in [0.25, 0.3) is 6.43 Å². The number of rotatable bonds is 5. The smallest absolute Gasteiger partial charge is 0.257 e. The fourth-order valence-corrected chi connectivity index (χ4v) is 1.28. The topological polar surface area (TPSA) is 50.9 Å². The molecule has 0 spiro atoms. The first-order valence-corrected chi connectivity index (χ1v) is 4.49. The van der Waals surface area contributed by atoms with Crippen molar-refractivity contribution in [3.63, 3.8) is 0 Å². The van der Waals surface area contributed by atoms with Crippen molar-refractivity contribution in [3.8, 4) is 0 Å². The molecule has 0 aliphatic carbocycles. The molecular formula is C8H13F2N3O. The molecule has 1 N–H and O–H groups in total. The minimum atomic E-state index is -2.45. The van der Waals surface area contributed by atoms with E-state index in [0.29, 0.717) is 17.8 Å². The van der Waals surface area contributed by atoms with Gasteiger partial charge in [0.2, 0.25) is 0 Å². The van der Waals surface area contributed by atoms with E-state index in [9.17, 15) is 8.78 Å². The van der Waals surface area contributed by atoms with Crippen LogP contribution >= 0.6 is 0 Å². The van der Waals surface area contributed by atoms with E-state index in [4.69, 9.17) is 5.11 Å². The molecule has 0 atom stereocenters. The average Bonchev–Trinajstić information content (AvgIpc) is 2.48. The van der Waals surface area contributed by atoms with Crippen LogP contribution < -0.4 is 0 Å². The standard InChI is InChI=1S/C8H13F2N3O/c1-2-3-7-6(5-14)11-12-13(7)4-8(9)10/h8,14H,2-5H2,1H3. The van der Waals surface area contributed by atoms with Gasteiger partial charge in [-0.05, 0) is 6.42 Å². The minimum Gasteiger partial charge on any atom is -0.390 e. The summed E-state index contributed by atoms with van der Waals surface area (Å²) in [6.45, 7) is 1.22. The largest absolute Gasteiger partial charge is 0.390 e. The van der Waals surface area contributed by atoms with Crippen molar-refractivity contribution in [2.45, 2.75) is 39.3 Å². The van der Waals surface area contributed by atoms with E-state index in [1.54, 1.807) is 0 Å². The van der Waals surface area contributed by atoms with E-state index in [0.717, 1.165) is 6.42 Å². The molecule has 80 valence electrons. The molecule has 0 unspecified atom stereocenters. The number of aliphatic hydroxyl groups excluding tert-OH is 1. The fraction of sp³-hybridized carbons (Fsp3) is 0.750. The van der Waals surface area contributed by atoms with Crippen LogP contribution in [0.2, 0.25) is 0 Å². The lowest BCUT2D eigenvalue weighted by Gasteiger charge is -2.05. The van der Waals surface area contributed by atoms with Crippen LogP contribution in [0.25, 0.3) is 0 Å². The molecule has 0 saturated carbocycles. The maximum atomic E-state index is 12.1. The van der Waals surface area contributed by atoms with Gasteiger partial charge in [-0.2, -0.15) is 0 Å². The molecule has 0 aliphatic rings. The van der Waals surface area contributed by atoms with E-state index >= 15 is 0 Å². The molecule has 1 heterocycles. The van der Waals surface area contributed by atoms with Gasteiger partial charge in [0.1, 0.15) is 12.2 Å². The van der Waals surface area contributed by atoms with Crippen LogP contribution in [0.4, 0.5) is 8.78 Å². The van der Waals surface area contributed by atoms with Gasteiger partial charge in [-0.1, -0.05) is 18.6 Å². The van der Waals surface area contributed by atoms with E-state index in [1.165, 1.54) is 4.68 Å². The van der Waals surface area contributed by atoms with Crippen molar-refractivity contribution in [2.24, 2.45) is 0 Å². The minimum absolute atomic E-state index is 0.251. The van der Waals surface area contributed by atoms with Gasteiger partial charge in [0.15, 0.2) is 0 Å². The summed E-state index contributed by atoms with van der Waals surface area (Å²) < 4.78 is 25.4. The van der Waals surface area contributed by atoms with Gasteiger partial charge in [-0.25, -0.2) is 13.5 Å². The lowest BCUT2D eigenvalue weighted by molar-refractivity contribution is 0.119. The summed E-state index contributed by atoms with van der Waals surface area (Å²) in [4.78, 5) is 0. The Kier molecular flexibility index (Phi) is 3.94. The van der Waals surface area contributed by atoms with E-state index < -0.39 is 13.0 Å². The van der Waals surface area contributed by atoms with Crippen LogP contribution in [-0.2, 0) is 19.6 Å². The summed E-state index contributed by atoms with van der Waals surface area (Å²) in [6, 6.07) is 0. The summed E-state index contributed by atoms with van der Waals surface area (Å²) >= 11 is 0. The molecule has 0 saturated heterocycles. The van der Waals surface area contributed by atoms with Crippen molar-refractivity contribution in [1.29, 1.82) is 0 Å². The Labute approximate surface area is 80.5 Å². The Hall–Kier alpha value is -1.04. The number of aliphatic hydroxyl groups is 1. The van der Waals surface area contributed by atoms with Crippen molar-refractivity contribution >= 4 is 0 Å². The first-order valence-electron chi connectivity index (χ1n) is 4.49. The summed E-state index contributed by atoms with van der Waals surface area (Å²) in [6.07, 6.45) is -1.03. The quantitative estimate of drug-likeness (QED) is 0.779. The Balaban J connectivity index is 2.86. The second-order valence-electron chi connectivity index (χ2n) is 2.96. The van der Waals surface area contributed by atoms with Crippen molar-refractivity contribution in [2.75, 3.05) is 0 Å². The maximum Gasteiger partial charge on any atom is 0.257 e. The van der Waals surface area contributed by atoms with Gasteiger partial charge in [-0.15, -0.1) is 5.10 Å². The van der Waals surface area contributed by atoms with Gasteiger partial charge in [0.05, 0.1) is 12.3 Å². The molecule has 0 radical (unpaired) electrons. The summed E-state index contributed by atoms with van der Waals surface area (Å²) in [7, 11) is 0. The molecule has 4 nitrogen and oxygen atoms in total. The summed E-state index contributed by atoms with van der Waals surface area (Å²) in [5, 5.41) is 16.1. The molecule has 0 aliphatic heterocycles. The van der Waals surface area contributed by atoms with Gasteiger partial charge < -0.3 is 5.11 Å². The molecular weight excluding hydrogens is 192 g/mol. The van der Waals surface area contributed by atoms with E-state index in [-0.39, 0.29) is 6.61 Å². The van der Waals surface area contributed by atoms with Crippen LogP contribution in [0.1, 0.15) is 24.7 Å². The predicted octanol–water partition coefficient (Wildman–Crippen LogP) is 0.988. The highest BCUT2D eigenvalue weighted by Gasteiger charge is 2.14. The number of alkyl halides is 2. The molecule has 0 fully saturated rings. The SMILES string of the molecule is CCCc1c(CO)nnn1CC(F)F. The molecule has 0 bridgehead atoms. The Morgan fingerprint density at radius 2 is 2.21 bits per heavy atom. The van der Waals surface area contributed by atoms with Crippen LogP contribution in [0.15, 0.2) is 0 Å². The molecule has 1 aromatic heterocycles. The normalized spacial score (nSPS) is 11.2. The molecule has 1 aromatic rings. The Bertz CT molecular complexity index is 288. The molecule has 1 rings (SSSR count). The first kappa shape index (κ1) is 11.0. The van der Waals surface area contributed by atoms with Crippen molar-refractivity contribution < 1.29 is 13.9 Å². The second-order valence-corrected chi connectivity index (χ2v) is 2.96. The zero-order chi connectivity index (χ0) is 10.6. The monoisotopic (exact) mass is 205 g/mol. The molecule has 14 heavy (non-hydrogen) atoms. The highest BCUT2D eigenvalue weighted by Crippen LogP contribution is 2.10. The Morgan fingerprint density at radius 3 is 2.71 bits per heavy atom. The van der Waals surface area contributed by atoms with Gasteiger partial charge in [0, 0.05) is 0 Å². The third-order valence-corrected chi connectivity index (χ3v) is 1.87. The lowest BCUT2D eigenvalue weighted by atomic mass is 10.2. The lowest BCUT2D eigenvalue weighted by Crippen LogP contribution is -2.12. The first-order chi connectivity index (χ1) is 6.69. The van der Waals surface area contributed by atoms with Crippen molar-refractivity contribution in [3.05, 3.63) is 11.4 Å². The van der Waals surface area contributed by atoms with Gasteiger partial charge in [-0.3, -0.25) is 0 Å². The highest BCUT2D eigenvalue weighted by atomic mass is 19.3. The Morgan fingerprint density at radius 1 is 1.50 bits per heavy atom. The predicted molar refractivity (Wildman–Crippen MR) is 45.9 cm³/mol. The molecule has 0 aromatic carbocycles. The average molecular weight is 205 g/mol. The summed E-state index contributed by atoms with van der Waals surface area (Å²) in [5.41, 5.74) is 1.00. The zero-order valence-corrected chi connectivity index (χ0v) is 7.95. The third-order valence-electron chi connectivity index (χ3n) is 1.87. The molecule has 6 heteroatoms. The fourth-order valence-electron chi connectivity index (χ4n) is 1.28. The van der Waals surface area contributed by atoms with Crippen LogP contribution in [0.5, 0.6) is 0 Å². The van der Waals surface area contributed by atoms with Crippen LogP contribution in [0.3, 0.4) is 0 Å². The third kappa shape index (κ3) is 2.47. The van der Waals surface area contributed by atoms with E-state index in [1.807, 2.05) is 6.92 Å². The molecule has 0 amide bonds. The zero-order valence-electron chi connectivity index (χ0n) is 7.95. The van der Waals surface area contributed by atoms with Crippen LogP contribution in [-0.4, -0.2) is 26.5 Å². The number of aromatic nitrogens is 3. The number of nitrogens with zero attached hydrogens (tertiary/aromatic N) is 3. The number of hydrogen-bond acceptors (Lipinski definition) is 3. The van der Waals surface area contributed by atoms with Crippen LogP contribution in [0, 0.1) is 0 Å². The number of halogens is 2. The second kappa shape index (κ2) is 4.99. The highest BCUT2D eigenvalue weighted by molar-refractivity contribution is 5.09. The number of hydrogen-bond donors (Lipinski definition) is 1. The van der Waals surface area contributed by atoms with E-state index in [2.05, 4.69) is 10.3 Å². The van der Waals surface area contributed by atoms with Crippen molar-refractivity contribution in [1.82, 2.24) is 15.0 Å². The summed E-state index contributed by atoms with van der Waals surface area (Å²) in [5.74, 6) is 0. The van der Waals surface area contributed by atoms with Gasteiger partial charge >= 0.3 is 0 Å². The maximum absolute atomic E-state index is 12.1.